The molecule has 0 spiro atoms. The number of hydrogen-bond acceptors (Lipinski definition) is 7. The molecule has 1 N–H and O–H groups in total. The van der Waals surface area contributed by atoms with Crippen LogP contribution in [0.2, 0.25) is 0 Å². The molecule has 2 aromatic heterocycles. The Morgan fingerprint density at radius 3 is 2.69 bits per heavy atom. The van der Waals surface area contributed by atoms with Gasteiger partial charge in [-0.1, -0.05) is 12.1 Å². The summed E-state index contributed by atoms with van der Waals surface area (Å²) in [5.74, 6) is 0.785. The van der Waals surface area contributed by atoms with E-state index in [0.29, 0.717) is 10.4 Å². The lowest BCUT2D eigenvalue weighted by atomic mass is 10.2. The van der Waals surface area contributed by atoms with Crippen molar-refractivity contribution in [1.82, 2.24) is 9.97 Å². The van der Waals surface area contributed by atoms with E-state index in [1.807, 2.05) is 30.3 Å². The fourth-order valence-corrected chi connectivity index (χ4v) is 3.56. The van der Waals surface area contributed by atoms with Gasteiger partial charge in [0.25, 0.3) is 5.56 Å². The third-order valence-corrected chi connectivity index (χ3v) is 5.08. The van der Waals surface area contributed by atoms with Gasteiger partial charge in [-0.25, -0.2) is 4.98 Å². The Bertz CT molecular complexity index is 908. The minimum atomic E-state index is -0.206. The standard InChI is InChI=1S/C19H21N3O3S/c1-24-17(25-2)8-5-11-20-16-10-9-13(12-21-16)19-22-18(23)14-6-3-4-7-15(14)26-19/h3-4,6-7,9-10,12,17H,5,8,11H2,1-2H3,(H,20,21). The second-order valence-electron chi connectivity index (χ2n) is 5.72. The van der Waals surface area contributed by atoms with E-state index in [-0.39, 0.29) is 11.8 Å². The first-order valence-electron chi connectivity index (χ1n) is 8.37. The fourth-order valence-electron chi connectivity index (χ4n) is 2.58. The Kier molecular flexibility index (Phi) is 6.27. The van der Waals surface area contributed by atoms with Crippen molar-refractivity contribution in [2.75, 3.05) is 26.1 Å². The van der Waals surface area contributed by atoms with Crippen LogP contribution >= 0.6 is 11.3 Å². The van der Waals surface area contributed by atoms with Gasteiger partial charge in [-0.05, 0) is 37.1 Å². The summed E-state index contributed by atoms with van der Waals surface area (Å²) in [5, 5.41) is 4.59. The van der Waals surface area contributed by atoms with E-state index in [4.69, 9.17) is 9.47 Å². The molecule has 0 aliphatic carbocycles. The predicted octanol–water partition coefficient (Wildman–Crippen LogP) is 3.53. The maximum absolute atomic E-state index is 12.2. The average molecular weight is 371 g/mol. The monoisotopic (exact) mass is 371 g/mol. The van der Waals surface area contributed by atoms with Gasteiger partial charge in [0, 0.05) is 37.2 Å². The molecule has 3 rings (SSSR count). The minimum absolute atomic E-state index is 0.172. The van der Waals surface area contributed by atoms with Crippen LogP contribution in [0.3, 0.4) is 0 Å². The van der Waals surface area contributed by atoms with Crippen LogP contribution in [0.1, 0.15) is 12.8 Å². The number of pyridine rings is 1. The summed E-state index contributed by atoms with van der Waals surface area (Å²) in [6.07, 6.45) is 3.29. The molecule has 0 unspecified atom stereocenters. The number of aromatic nitrogens is 2. The Balaban J connectivity index is 1.65. The molecule has 0 bridgehead atoms. The van der Waals surface area contributed by atoms with Crippen LogP contribution in [-0.4, -0.2) is 37.0 Å². The summed E-state index contributed by atoms with van der Waals surface area (Å²) in [6.45, 7) is 0.775. The molecule has 0 saturated carbocycles. The highest BCUT2D eigenvalue weighted by atomic mass is 32.1. The van der Waals surface area contributed by atoms with Crippen molar-refractivity contribution < 1.29 is 9.47 Å². The van der Waals surface area contributed by atoms with Gasteiger partial charge in [0.05, 0.1) is 5.39 Å². The zero-order valence-electron chi connectivity index (χ0n) is 14.8. The summed E-state index contributed by atoms with van der Waals surface area (Å²) >= 11 is 1.49. The molecule has 1 aromatic carbocycles. The second-order valence-corrected chi connectivity index (χ2v) is 6.75. The second kappa shape index (κ2) is 8.84. The van der Waals surface area contributed by atoms with Gasteiger partial charge in [-0.3, -0.25) is 4.79 Å². The van der Waals surface area contributed by atoms with Crippen molar-refractivity contribution in [2.24, 2.45) is 0 Å². The van der Waals surface area contributed by atoms with E-state index in [1.165, 1.54) is 11.3 Å². The smallest absolute Gasteiger partial charge is 0.279 e. The Hall–Kier alpha value is -2.35. The van der Waals surface area contributed by atoms with Crippen molar-refractivity contribution in [3.05, 3.63) is 52.9 Å². The molecule has 0 fully saturated rings. The number of nitrogens with zero attached hydrogens (tertiary/aromatic N) is 2. The first kappa shape index (κ1) is 18.4. The average Bonchev–Trinajstić information content (AvgIpc) is 2.68. The number of anilines is 1. The number of fused-ring (bicyclic) bond motifs is 1. The van der Waals surface area contributed by atoms with E-state index < -0.39 is 0 Å². The van der Waals surface area contributed by atoms with Gasteiger partial charge >= 0.3 is 0 Å². The van der Waals surface area contributed by atoms with Gasteiger partial charge < -0.3 is 14.8 Å². The zero-order valence-corrected chi connectivity index (χ0v) is 15.6. The highest BCUT2D eigenvalue weighted by Crippen LogP contribution is 2.25. The normalized spacial score (nSPS) is 11.2. The van der Waals surface area contributed by atoms with Gasteiger partial charge in [0.1, 0.15) is 10.8 Å². The molecule has 0 saturated heterocycles. The van der Waals surface area contributed by atoms with E-state index in [0.717, 1.165) is 35.5 Å². The van der Waals surface area contributed by atoms with Crippen LogP contribution < -0.4 is 10.9 Å². The third kappa shape index (κ3) is 4.43. The largest absolute Gasteiger partial charge is 0.370 e. The quantitative estimate of drug-likeness (QED) is 0.482. The van der Waals surface area contributed by atoms with Crippen molar-refractivity contribution in [1.29, 1.82) is 0 Å². The van der Waals surface area contributed by atoms with Crippen molar-refractivity contribution >= 4 is 27.2 Å². The molecule has 0 aliphatic rings. The highest BCUT2D eigenvalue weighted by Gasteiger charge is 2.07. The minimum Gasteiger partial charge on any atom is -0.370 e. The van der Waals surface area contributed by atoms with Gasteiger partial charge in [0.15, 0.2) is 6.29 Å². The molecule has 26 heavy (non-hydrogen) atoms. The van der Waals surface area contributed by atoms with Crippen LogP contribution in [0, 0.1) is 0 Å². The number of nitrogens with one attached hydrogen (secondary N) is 1. The highest BCUT2D eigenvalue weighted by molar-refractivity contribution is 7.21. The van der Waals surface area contributed by atoms with Gasteiger partial charge in [-0.2, -0.15) is 4.98 Å². The predicted molar refractivity (Wildman–Crippen MR) is 105 cm³/mol. The lowest BCUT2D eigenvalue weighted by Crippen LogP contribution is -2.14. The molecular formula is C19H21N3O3S. The van der Waals surface area contributed by atoms with Crippen LogP contribution in [0.15, 0.2) is 47.4 Å². The number of ether oxygens (including phenoxy) is 2. The Morgan fingerprint density at radius 1 is 1.15 bits per heavy atom. The maximum Gasteiger partial charge on any atom is 0.279 e. The topological polar surface area (TPSA) is 73.3 Å². The number of hydrogen-bond donors (Lipinski definition) is 1. The van der Waals surface area contributed by atoms with Crippen LogP contribution in [0.4, 0.5) is 5.82 Å². The SMILES string of the molecule is COC(CCCNc1ccc(-c2nc(=O)c3ccccc3s2)cn1)OC. The molecule has 0 amide bonds. The number of benzene rings is 1. The number of rotatable bonds is 8. The Labute approximate surface area is 155 Å². The Morgan fingerprint density at radius 2 is 1.96 bits per heavy atom. The van der Waals surface area contributed by atoms with Crippen LogP contribution in [0.25, 0.3) is 20.7 Å². The fraction of sp³-hybridized carbons (Fsp3) is 0.316. The molecule has 6 nitrogen and oxygen atoms in total. The molecule has 7 heteroatoms. The molecule has 136 valence electrons. The summed E-state index contributed by atoms with van der Waals surface area (Å²) < 4.78 is 11.2. The lowest BCUT2D eigenvalue weighted by molar-refractivity contribution is -0.106. The molecule has 2 heterocycles. The van der Waals surface area contributed by atoms with Crippen molar-refractivity contribution in [3.63, 3.8) is 0 Å². The number of methoxy groups -OCH3 is 2. The van der Waals surface area contributed by atoms with E-state index >= 15 is 0 Å². The lowest BCUT2D eigenvalue weighted by Gasteiger charge is -2.13. The van der Waals surface area contributed by atoms with Crippen LogP contribution in [-0.2, 0) is 9.47 Å². The molecular weight excluding hydrogens is 350 g/mol. The molecule has 3 aromatic rings. The molecule has 0 atom stereocenters. The van der Waals surface area contributed by atoms with Crippen LogP contribution in [0.5, 0.6) is 0 Å². The first-order chi connectivity index (χ1) is 12.7. The van der Waals surface area contributed by atoms with Crippen molar-refractivity contribution in [3.8, 4) is 10.6 Å². The zero-order chi connectivity index (χ0) is 18.4. The van der Waals surface area contributed by atoms with E-state index in [9.17, 15) is 4.79 Å². The third-order valence-electron chi connectivity index (χ3n) is 3.99. The van der Waals surface area contributed by atoms with Gasteiger partial charge in [0.2, 0.25) is 0 Å². The summed E-state index contributed by atoms with van der Waals surface area (Å²) in [4.78, 5) is 20.8. The summed E-state index contributed by atoms with van der Waals surface area (Å²) in [5.41, 5.74) is 0.629. The molecule has 0 radical (unpaired) electrons. The first-order valence-corrected chi connectivity index (χ1v) is 9.18. The van der Waals surface area contributed by atoms with E-state index in [2.05, 4.69) is 15.3 Å². The maximum atomic E-state index is 12.2. The van der Waals surface area contributed by atoms with E-state index in [1.54, 1.807) is 26.5 Å². The van der Waals surface area contributed by atoms with Gasteiger partial charge in [-0.15, -0.1) is 11.3 Å². The molecule has 0 aliphatic heterocycles. The summed E-state index contributed by atoms with van der Waals surface area (Å²) in [7, 11) is 3.27. The summed E-state index contributed by atoms with van der Waals surface area (Å²) in [6, 6.07) is 11.3. The van der Waals surface area contributed by atoms with Crippen molar-refractivity contribution in [2.45, 2.75) is 19.1 Å².